The van der Waals surface area contributed by atoms with Crippen LogP contribution in [-0.4, -0.2) is 17.9 Å². The molecule has 1 heterocycles. The second kappa shape index (κ2) is 7.84. The number of halogens is 2. The molecule has 0 saturated carbocycles. The third-order valence-corrected chi connectivity index (χ3v) is 5.80. The first-order chi connectivity index (χ1) is 12.4. The molecule has 0 aliphatic carbocycles. The molecule has 0 aliphatic heterocycles. The molecule has 3 rings (SSSR count). The van der Waals surface area contributed by atoms with Gasteiger partial charge in [0.2, 0.25) is 0 Å². The third-order valence-electron chi connectivity index (χ3n) is 4.35. The number of hydrogen-bond donors (Lipinski definition) is 0. The lowest BCUT2D eigenvalue weighted by atomic mass is 10.2. The van der Waals surface area contributed by atoms with Crippen molar-refractivity contribution in [1.29, 1.82) is 0 Å². The first-order valence-electron chi connectivity index (χ1n) is 8.24. The van der Waals surface area contributed by atoms with E-state index in [1.807, 2.05) is 12.3 Å². The second-order valence-electron chi connectivity index (χ2n) is 6.17. The van der Waals surface area contributed by atoms with Gasteiger partial charge in [0.1, 0.15) is 11.4 Å². The van der Waals surface area contributed by atoms with Gasteiger partial charge < -0.3 is 9.30 Å². The lowest BCUT2D eigenvalue weighted by Crippen LogP contribution is -2.00. The summed E-state index contributed by atoms with van der Waals surface area (Å²) >= 11 is 8.45. The van der Waals surface area contributed by atoms with Crippen LogP contribution < -0.4 is 4.74 Å². The number of aryl methyl sites for hydroxylation is 2. The molecule has 1 aromatic heterocycles. The lowest BCUT2D eigenvalue weighted by Gasteiger charge is -2.11. The Hall–Kier alpha value is -1.79. The second-order valence-corrected chi connectivity index (χ2v) is 7.77. The number of hydrogen-bond acceptors (Lipinski definition) is 2. The van der Waals surface area contributed by atoms with Gasteiger partial charge in [0.25, 0.3) is 0 Å². The molecule has 0 atom stereocenters. The summed E-state index contributed by atoms with van der Waals surface area (Å²) in [6, 6.07) is 14.1. The summed E-state index contributed by atoms with van der Waals surface area (Å²) in [5, 5.41) is 0.637. The number of aromatic nitrogens is 1. The molecular formula is C21H20ClIN2O. The Morgan fingerprint density at radius 2 is 1.85 bits per heavy atom. The highest BCUT2D eigenvalue weighted by atomic mass is 127. The van der Waals surface area contributed by atoms with E-state index in [4.69, 9.17) is 16.3 Å². The summed E-state index contributed by atoms with van der Waals surface area (Å²) < 4.78 is 8.88. The monoisotopic (exact) mass is 478 g/mol. The average Bonchev–Trinajstić information content (AvgIpc) is 2.89. The van der Waals surface area contributed by atoms with E-state index in [-0.39, 0.29) is 0 Å². The number of rotatable bonds is 4. The molecule has 0 aliphatic rings. The van der Waals surface area contributed by atoms with Crippen LogP contribution in [0.5, 0.6) is 5.75 Å². The van der Waals surface area contributed by atoms with Crippen molar-refractivity contribution in [1.82, 2.24) is 4.57 Å². The summed E-state index contributed by atoms with van der Waals surface area (Å²) in [5.41, 5.74) is 6.54. The van der Waals surface area contributed by atoms with Crippen molar-refractivity contribution in [3.63, 3.8) is 0 Å². The molecule has 0 fully saturated rings. The van der Waals surface area contributed by atoms with Crippen molar-refractivity contribution in [2.75, 3.05) is 7.11 Å². The highest BCUT2D eigenvalue weighted by Crippen LogP contribution is 2.30. The Labute approximate surface area is 172 Å². The van der Waals surface area contributed by atoms with E-state index in [0.29, 0.717) is 10.8 Å². The van der Waals surface area contributed by atoms with Gasteiger partial charge in [0.15, 0.2) is 0 Å². The predicted molar refractivity (Wildman–Crippen MR) is 118 cm³/mol. The van der Waals surface area contributed by atoms with Gasteiger partial charge in [0.05, 0.1) is 7.11 Å². The molecule has 26 heavy (non-hydrogen) atoms. The van der Waals surface area contributed by atoms with E-state index in [1.165, 1.54) is 14.8 Å². The highest BCUT2D eigenvalue weighted by Gasteiger charge is 2.11. The van der Waals surface area contributed by atoms with Crippen LogP contribution >= 0.6 is 34.2 Å². The number of nitrogens with zero attached hydrogens (tertiary/aromatic N) is 2. The number of ether oxygens (including phenoxy) is 1. The van der Waals surface area contributed by atoms with Crippen LogP contribution in [0.2, 0.25) is 5.02 Å². The molecule has 0 N–H and O–H groups in total. The van der Waals surface area contributed by atoms with Gasteiger partial charge in [-0.3, -0.25) is 4.99 Å². The standard InChI is InChI=1S/C21H20ClIN2O/c1-13-9-18(6-7-19(13)23)25-14(2)10-16(15(25)3)12-24-20-11-17(22)5-8-21(20)26-4/h5-12H,1-4H3. The topological polar surface area (TPSA) is 26.5 Å². The van der Waals surface area contributed by atoms with E-state index in [2.05, 4.69) is 77.2 Å². The Morgan fingerprint density at radius 3 is 2.54 bits per heavy atom. The quantitative estimate of drug-likeness (QED) is 0.314. The molecule has 0 saturated heterocycles. The summed E-state index contributed by atoms with van der Waals surface area (Å²) in [4.78, 5) is 4.60. The van der Waals surface area contributed by atoms with Crippen LogP contribution in [0.3, 0.4) is 0 Å². The van der Waals surface area contributed by atoms with Crippen LogP contribution in [0.15, 0.2) is 47.5 Å². The van der Waals surface area contributed by atoms with E-state index in [0.717, 1.165) is 22.6 Å². The zero-order valence-corrected chi connectivity index (χ0v) is 18.1. The zero-order valence-electron chi connectivity index (χ0n) is 15.2. The van der Waals surface area contributed by atoms with Crippen LogP contribution in [-0.2, 0) is 0 Å². The van der Waals surface area contributed by atoms with Gasteiger partial charge in [-0.05, 0) is 91.4 Å². The fraction of sp³-hybridized carbons (Fsp3) is 0.190. The maximum absolute atomic E-state index is 6.09. The van der Waals surface area contributed by atoms with E-state index in [1.54, 1.807) is 19.2 Å². The fourth-order valence-electron chi connectivity index (χ4n) is 2.99. The van der Waals surface area contributed by atoms with Crippen molar-refractivity contribution in [2.24, 2.45) is 4.99 Å². The minimum absolute atomic E-state index is 0.637. The summed E-state index contributed by atoms with van der Waals surface area (Å²) in [7, 11) is 1.63. The smallest absolute Gasteiger partial charge is 0.144 e. The molecule has 3 nitrogen and oxygen atoms in total. The van der Waals surface area contributed by atoms with Gasteiger partial charge in [0, 0.05) is 37.4 Å². The Morgan fingerprint density at radius 1 is 1.08 bits per heavy atom. The van der Waals surface area contributed by atoms with Crippen molar-refractivity contribution < 1.29 is 4.74 Å². The molecule has 3 aromatic rings. The zero-order chi connectivity index (χ0) is 18.8. The van der Waals surface area contributed by atoms with E-state index < -0.39 is 0 Å². The van der Waals surface area contributed by atoms with Crippen molar-refractivity contribution in [3.8, 4) is 11.4 Å². The Kier molecular flexibility index (Phi) is 5.73. The number of methoxy groups -OCH3 is 1. The van der Waals surface area contributed by atoms with Crippen LogP contribution in [0, 0.1) is 24.3 Å². The highest BCUT2D eigenvalue weighted by molar-refractivity contribution is 14.1. The van der Waals surface area contributed by atoms with Gasteiger partial charge in [-0.25, -0.2) is 0 Å². The van der Waals surface area contributed by atoms with E-state index in [9.17, 15) is 0 Å². The predicted octanol–water partition coefficient (Wildman–Crippen LogP) is 6.42. The average molecular weight is 479 g/mol. The first-order valence-corrected chi connectivity index (χ1v) is 9.69. The summed E-state index contributed by atoms with van der Waals surface area (Å²) in [6.45, 7) is 6.35. The molecule has 0 unspecified atom stereocenters. The molecule has 0 amide bonds. The molecule has 0 radical (unpaired) electrons. The normalized spacial score (nSPS) is 11.3. The molecule has 5 heteroatoms. The van der Waals surface area contributed by atoms with Gasteiger partial charge in [-0.1, -0.05) is 11.6 Å². The molecule has 2 aromatic carbocycles. The number of benzene rings is 2. The third kappa shape index (κ3) is 3.81. The van der Waals surface area contributed by atoms with Gasteiger partial charge in [-0.15, -0.1) is 0 Å². The number of aliphatic imine (C=N–C) groups is 1. The lowest BCUT2D eigenvalue weighted by molar-refractivity contribution is 0.416. The van der Waals surface area contributed by atoms with E-state index >= 15 is 0 Å². The first kappa shape index (κ1) is 19.0. The molecule has 0 spiro atoms. The molecular weight excluding hydrogens is 459 g/mol. The molecule has 0 bridgehead atoms. The van der Waals surface area contributed by atoms with Gasteiger partial charge in [-0.2, -0.15) is 0 Å². The Bertz CT molecular complexity index is 992. The minimum atomic E-state index is 0.637. The van der Waals surface area contributed by atoms with Crippen molar-refractivity contribution >= 4 is 46.1 Å². The summed E-state index contributed by atoms with van der Waals surface area (Å²) in [5.74, 6) is 0.702. The molecule has 134 valence electrons. The fourth-order valence-corrected chi connectivity index (χ4v) is 3.49. The maximum Gasteiger partial charge on any atom is 0.144 e. The van der Waals surface area contributed by atoms with Crippen LogP contribution in [0.25, 0.3) is 5.69 Å². The summed E-state index contributed by atoms with van der Waals surface area (Å²) in [6.07, 6.45) is 1.87. The van der Waals surface area contributed by atoms with Crippen molar-refractivity contribution in [2.45, 2.75) is 20.8 Å². The SMILES string of the molecule is COc1ccc(Cl)cc1N=Cc1cc(C)n(-c2ccc(I)c(C)c2)c1C. The van der Waals surface area contributed by atoms with Crippen LogP contribution in [0.1, 0.15) is 22.5 Å². The maximum atomic E-state index is 6.09. The van der Waals surface area contributed by atoms with Crippen LogP contribution in [0.4, 0.5) is 5.69 Å². The largest absolute Gasteiger partial charge is 0.494 e. The van der Waals surface area contributed by atoms with Crippen molar-refractivity contribution in [3.05, 3.63) is 73.6 Å². The van der Waals surface area contributed by atoms with Gasteiger partial charge >= 0.3 is 0 Å². The Balaban J connectivity index is 2.01. The minimum Gasteiger partial charge on any atom is -0.494 e.